The average Bonchev–Trinajstić information content (AvgIpc) is 2.67. The molecule has 0 bridgehead atoms. The lowest BCUT2D eigenvalue weighted by molar-refractivity contribution is -0.116. The van der Waals surface area contributed by atoms with Gasteiger partial charge in [-0.05, 0) is 42.7 Å². The molecule has 0 saturated heterocycles. The van der Waals surface area contributed by atoms with Gasteiger partial charge in [0.05, 0.1) is 0 Å². The first-order chi connectivity index (χ1) is 10.6. The molecule has 3 rings (SSSR count). The van der Waals surface area contributed by atoms with Crippen molar-refractivity contribution < 1.29 is 9.59 Å². The number of fused-ring (bicyclic) bond motifs is 1. The highest BCUT2D eigenvalue weighted by molar-refractivity contribution is 6.03. The maximum Gasteiger partial charge on any atom is 0.272 e. The molecule has 0 aliphatic carbocycles. The molecule has 0 fully saturated rings. The van der Waals surface area contributed by atoms with Crippen molar-refractivity contribution >= 4 is 23.2 Å². The second-order valence-corrected chi connectivity index (χ2v) is 5.16. The van der Waals surface area contributed by atoms with Crippen LogP contribution in [0.25, 0.3) is 0 Å². The minimum absolute atomic E-state index is 0.0115. The lowest BCUT2D eigenvalue weighted by Crippen LogP contribution is -2.18. The van der Waals surface area contributed by atoms with Crippen LogP contribution in [0.3, 0.4) is 0 Å². The highest BCUT2D eigenvalue weighted by Crippen LogP contribution is 2.25. The molecule has 0 saturated carbocycles. The fraction of sp³-hybridized carbons (Fsp3) is 0.188. The Balaban J connectivity index is 1.81. The van der Waals surface area contributed by atoms with Crippen LogP contribution in [0, 0.1) is 0 Å². The third-order valence-corrected chi connectivity index (χ3v) is 3.50. The van der Waals surface area contributed by atoms with Crippen LogP contribution < -0.4 is 16.2 Å². The van der Waals surface area contributed by atoms with Crippen LogP contribution in [0.2, 0.25) is 0 Å². The quantitative estimate of drug-likeness (QED) is 0.790. The summed E-state index contributed by atoms with van der Waals surface area (Å²) in [6, 6.07) is 9.77. The van der Waals surface area contributed by atoms with E-state index in [-0.39, 0.29) is 23.1 Å². The number of carbonyl (C=O) groups excluding carboxylic acids is 2. The molecule has 1 aromatic carbocycles. The zero-order valence-corrected chi connectivity index (χ0v) is 11.8. The number of hydrogen-bond acceptors (Lipinski definition) is 3. The van der Waals surface area contributed by atoms with Gasteiger partial charge in [0.15, 0.2) is 0 Å². The third-order valence-electron chi connectivity index (χ3n) is 3.50. The van der Waals surface area contributed by atoms with Crippen LogP contribution in [0.15, 0.2) is 41.2 Å². The molecule has 112 valence electrons. The molecule has 2 amide bonds. The van der Waals surface area contributed by atoms with Gasteiger partial charge in [0.1, 0.15) is 5.69 Å². The van der Waals surface area contributed by atoms with Crippen molar-refractivity contribution in [3.8, 4) is 0 Å². The lowest BCUT2D eigenvalue weighted by atomic mass is 10.1. The Labute approximate surface area is 126 Å². The molecule has 2 aromatic rings. The number of benzene rings is 1. The van der Waals surface area contributed by atoms with Gasteiger partial charge in [-0.3, -0.25) is 14.4 Å². The predicted molar refractivity (Wildman–Crippen MR) is 83.0 cm³/mol. The van der Waals surface area contributed by atoms with Crippen molar-refractivity contribution in [2.75, 3.05) is 10.6 Å². The van der Waals surface area contributed by atoms with Crippen LogP contribution in [0.1, 0.15) is 28.9 Å². The topological polar surface area (TPSA) is 91.1 Å². The third kappa shape index (κ3) is 3.06. The molecule has 0 atom stereocenters. The molecule has 0 radical (unpaired) electrons. The second kappa shape index (κ2) is 5.85. The number of rotatable bonds is 2. The highest BCUT2D eigenvalue weighted by atomic mass is 16.2. The monoisotopic (exact) mass is 297 g/mol. The van der Waals surface area contributed by atoms with Crippen molar-refractivity contribution in [1.82, 2.24) is 4.98 Å². The van der Waals surface area contributed by atoms with E-state index in [9.17, 15) is 14.4 Å². The van der Waals surface area contributed by atoms with Crippen molar-refractivity contribution in [1.29, 1.82) is 0 Å². The number of aromatic amines is 1. The number of amides is 2. The summed E-state index contributed by atoms with van der Waals surface area (Å²) >= 11 is 0. The molecule has 22 heavy (non-hydrogen) atoms. The van der Waals surface area contributed by atoms with Gasteiger partial charge in [-0.25, -0.2) is 0 Å². The predicted octanol–water partition coefficient (Wildman–Crippen LogP) is 1.90. The summed E-state index contributed by atoms with van der Waals surface area (Å²) in [4.78, 5) is 37.3. The molecule has 3 N–H and O–H groups in total. The van der Waals surface area contributed by atoms with Crippen LogP contribution in [0.5, 0.6) is 0 Å². The molecule has 1 aromatic heterocycles. The minimum Gasteiger partial charge on any atom is -0.326 e. The lowest BCUT2D eigenvalue weighted by Gasteiger charge is -2.10. The SMILES string of the molecule is O=C1CCCc2cc(NC(=O)c3cccc(=O)[nH]3)ccc2N1. The number of carbonyl (C=O) groups is 2. The fourth-order valence-corrected chi connectivity index (χ4v) is 2.43. The largest absolute Gasteiger partial charge is 0.326 e. The van der Waals surface area contributed by atoms with Gasteiger partial charge in [-0.2, -0.15) is 0 Å². The molecule has 1 aliphatic heterocycles. The zero-order chi connectivity index (χ0) is 15.5. The Morgan fingerprint density at radius 3 is 2.77 bits per heavy atom. The van der Waals surface area contributed by atoms with Gasteiger partial charge in [0, 0.05) is 23.9 Å². The van der Waals surface area contributed by atoms with E-state index < -0.39 is 0 Å². The van der Waals surface area contributed by atoms with Crippen LogP contribution in [0.4, 0.5) is 11.4 Å². The van der Waals surface area contributed by atoms with Crippen molar-refractivity contribution in [2.45, 2.75) is 19.3 Å². The first-order valence-corrected chi connectivity index (χ1v) is 7.05. The fourth-order valence-electron chi connectivity index (χ4n) is 2.43. The number of H-pyrrole nitrogens is 1. The van der Waals surface area contributed by atoms with Crippen molar-refractivity contribution in [3.05, 3.63) is 58.0 Å². The maximum absolute atomic E-state index is 12.1. The molecule has 6 nitrogen and oxygen atoms in total. The molecule has 6 heteroatoms. The summed E-state index contributed by atoms with van der Waals surface area (Å²) in [5.41, 5.74) is 2.29. The molecule has 0 unspecified atom stereocenters. The molecule has 2 heterocycles. The van der Waals surface area contributed by atoms with Gasteiger partial charge in [-0.1, -0.05) is 6.07 Å². The van der Waals surface area contributed by atoms with E-state index >= 15 is 0 Å². The maximum atomic E-state index is 12.1. The number of aromatic nitrogens is 1. The number of hydrogen-bond donors (Lipinski definition) is 3. The standard InChI is InChI=1S/C16H15N3O3/c20-14-5-1-3-10-9-11(7-8-12(10)18-14)17-16(22)13-4-2-6-15(21)19-13/h2,4,6-9H,1,3,5H2,(H,17,22)(H,18,20)(H,19,21). The normalized spacial score (nSPS) is 13.7. The Morgan fingerprint density at radius 2 is 1.95 bits per heavy atom. The Kier molecular flexibility index (Phi) is 3.74. The van der Waals surface area contributed by atoms with Gasteiger partial charge in [-0.15, -0.1) is 0 Å². The first-order valence-electron chi connectivity index (χ1n) is 7.05. The summed E-state index contributed by atoms with van der Waals surface area (Å²) in [5.74, 6) is -0.368. The Hall–Kier alpha value is -2.89. The van der Waals surface area contributed by atoms with Gasteiger partial charge in [0.2, 0.25) is 11.5 Å². The van der Waals surface area contributed by atoms with Gasteiger partial charge < -0.3 is 15.6 Å². The number of anilines is 2. The van der Waals surface area contributed by atoms with Crippen LogP contribution >= 0.6 is 0 Å². The summed E-state index contributed by atoms with van der Waals surface area (Å²) in [7, 11) is 0. The highest BCUT2D eigenvalue weighted by Gasteiger charge is 2.14. The summed E-state index contributed by atoms with van der Waals surface area (Å²) in [6.07, 6.45) is 2.06. The van der Waals surface area contributed by atoms with Crippen molar-refractivity contribution in [3.63, 3.8) is 0 Å². The summed E-state index contributed by atoms with van der Waals surface area (Å²) in [5, 5.41) is 5.59. The average molecular weight is 297 g/mol. The smallest absolute Gasteiger partial charge is 0.272 e. The number of pyridine rings is 1. The van der Waals surface area contributed by atoms with E-state index in [1.54, 1.807) is 18.2 Å². The van der Waals surface area contributed by atoms with E-state index in [1.165, 1.54) is 12.1 Å². The number of aryl methyl sites for hydroxylation is 1. The molecule has 1 aliphatic rings. The first kappa shape index (κ1) is 14.1. The second-order valence-electron chi connectivity index (χ2n) is 5.16. The van der Waals surface area contributed by atoms with Gasteiger partial charge in [0.25, 0.3) is 5.91 Å². The summed E-state index contributed by atoms with van der Waals surface area (Å²) in [6.45, 7) is 0. The zero-order valence-electron chi connectivity index (χ0n) is 11.8. The van der Waals surface area contributed by atoms with Crippen LogP contribution in [-0.2, 0) is 11.2 Å². The van der Waals surface area contributed by atoms with E-state index in [4.69, 9.17) is 0 Å². The van der Waals surface area contributed by atoms with E-state index in [0.717, 1.165) is 24.1 Å². The molecular weight excluding hydrogens is 282 g/mol. The number of nitrogens with one attached hydrogen (secondary N) is 3. The van der Waals surface area contributed by atoms with Crippen LogP contribution in [-0.4, -0.2) is 16.8 Å². The molecule has 0 spiro atoms. The Morgan fingerprint density at radius 1 is 1.09 bits per heavy atom. The summed E-state index contributed by atoms with van der Waals surface area (Å²) < 4.78 is 0. The van der Waals surface area contributed by atoms with E-state index in [2.05, 4.69) is 15.6 Å². The van der Waals surface area contributed by atoms with Gasteiger partial charge >= 0.3 is 0 Å². The van der Waals surface area contributed by atoms with E-state index in [0.29, 0.717) is 12.1 Å². The molecular formula is C16H15N3O3. The minimum atomic E-state index is -0.379. The van der Waals surface area contributed by atoms with E-state index in [1.807, 2.05) is 6.07 Å². The van der Waals surface area contributed by atoms with Crippen molar-refractivity contribution in [2.24, 2.45) is 0 Å². The Bertz CT molecular complexity index is 795.